The van der Waals surface area contributed by atoms with Crippen LogP contribution in [0, 0.1) is 0 Å². The third-order valence-electron chi connectivity index (χ3n) is 2.95. The van der Waals surface area contributed by atoms with Gasteiger partial charge in [-0.05, 0) is 13.3 Å². The van der Waals surface area contributed by atoms with Gasteiger partial charge in [0, 0.05) is 12.3 Å². The molecule has 1 saturated heterocycles. The van der Waals surface area contributed by atoms with Crippen molar-refractivity contribution in [3.8, 4) is 0 Å². The zero-order valence-electron chi connectivity index (χ0n) is 10.1. The number of sulfone groups is 1. The van der Waals surface area contributed by atoms with Gasteiger partial charge in [-0.2, -0.15) is 0 Å². The van der Waals surface area contributed by atoms with Crippen molar-refractivity contribution in [1.29, 1.82) is 0 Å². The third kappa shape index (κ3) is 4.48. The first-order chi connectivity index (χ1) is 7.85. The Labute approximate surface area is 106 Å². The number of likely N-dealkylation sites (N-methyl/N-ethyl adjacent to an activating group) is 1. The van der Waals surface area contributed by atoms with Crippen LogP contribution < -0.4 is 0 Å². The van der Waals surface area contributed by atoms with Gasteiger partial charge in [-0.15, -0.1) is 11.8 Å². The number of thioether (sulfide) groups is 1. The maximum Gasteiger partial charge on any atom is 0.232 e. The molecule has 0 saturated carbocycles. The zero-order chi connectivity index (χ0) is 13.1. The zero-order valence-corrected chi connectivity index (χ0v) is 11.8. The highest BCUT2D eigenvalue weighted by atomic mass is 32.2. The number of carbonyl (C=O) groups is 1. The fraction of sp³-hybridized carbons (Fsp3) is 0.900. The predicted molar refractivity (Wildman–Crippen MR) is 68.8 cm³/mol. The number of rotatable bonds is 5. The third-order valence-corrected chi connectivity index (χ3v) is 6.22. The van der Waals surface area contributed by atoms with Gasteiger partial charge in [0.25, 0.3) is 0 Å². The van der Waals surface area contributed by atoms with E-state index in [4.69, 9.17) is 5.11 Å². The monoisotopic (exact) mass is 281 g/mol. The van der Waals surface area contributed by atoms with E-state index in [0.29, 0.717) is 6.42 Å². The van der Waals surface area contributed by atoms with Crippen LogP contribution in [0.3, 0.4) is 0 Å². The largest absolute Gasteiger partial charge is 0.394 e. The smallest absolute Gasteiger partial charge is 0.232 e. The Balaban J connectivity index is 2.34. The second kappa shape index (κ2) is 6.06. The molecule has 1 aliphatic rings. The van der Waals surface area contributed by atoms with Crippen LogP contribution >= 0.6 is 11.8 Å². The Kier molecular flexibility index (Phi) is 5.27. The molecule has 0 aliphatic carbocycles. The summed E-state index contributed by atoms with van der Waals surface area (Å²) in [5.74, 6) is 0.633. The molecule has 1 fully saturated rings. The molecule has 2 unspecified atom stereocenters. The summed E-state index contributed by atoms with van der Waals surface area (Å²) >= 11 is 1.40. The van der Waals surface area contributed by atoms with Crippen molar-refractivity contribution in [2.75, 3.05) is 30.9 Å². The van der Waals surface area contributed by atoms with Gasteiger partial charge >= 0.3 is 0 Å². The lowest BCUT2D eigenvalue weighted by molar-refractivity contribution is -0.129. The SMILES string of the molecule is CC(CO)N(C)C(=O)CSC1CCS(=O)(=O)C1. The van der Waals surface area contributed by atoms with Crippen molar-refractivity contribution in [1.82, 2.24) is 4.90 Å². The van der Waals surface area contributed by atoms with E-state index in [2.05, 4.69) is 0 Å². The number of carbonyl (C=O) groups excluding carboxylic acids is 1. The summed E-state index contributed by atoms with van der Waals surface area (Å²) in [6.45, 7) is 1.70. The van der Waals surface area contributed by atoms with Crippen LogP contribution in [0.25, 0.3) is 0 Å². The first-order valence-electron chi connectivity index (χ1n) is 5.54. The lowest BCUT2D eigenvalue weighted by Gasteiger charge is -2.23. The molecule has 5 nitrogen and oxygen atoms in total. The van der Waals surface area contributed by atoms with E-state index < -0.39 is 9.84 Å². The van der Waals surface area contributed by atoms with Gasteiger partial charge in [0.15, 0.2) is 9.84 Å². The Hall–Kier alpha value is -0.270. The maximum atomic E-state index is 11.7. The van der Waals surface area contributed by atoms with Gasteiger partial charge < -0.3 is 10.0 Å². The number of aliphatic hydroxyl groups is 1. The molecule has 0 aromatic rings. The minimum Gasteiger partial charge on any atom is -0.394 e. The Morgan fingerprint density at radius 3 is 2.71 bits per heavy atom. The van der Waals surface area contributed by atoms with Gasteiger partial charge in [-0.1, -0.05) is 0 Å². The standard InChI is InChI=1S/C10H19NO4S2/c1-8(5-12)11(2)10(13)6-16-9-3-4-17(14,15)7-9/h8-9,12H,3-7H2,1-2H3. The molecule has 7 heteroatoms. The number of hydrogen-bond acceptors (Lipinski definition) is 5. The van der Waals surface area contributed by atoms with Gasteiger partial charge in [-0.3, -0.25) is 4.79 Å². The normalized spacial score (nSPS) is 24.5. The number of nitrogens with zero attached hydrogens (tertiary/aromatic N) is 1. The fourth-order valence-corrected chi connectivity index (χ4v) is 5.12. The van der Waals surface area contributed by atoms with Crippen LogP contribution in [0.4, 0.5) is 0 Å². The van der Waals surface area contributed by atoms with Crippen molar-refractivity contribution in [3.05, 3.63) is 0 Å². The van der Waals surface area contributed by atoms with Crippen molar-refractivity contribution in [3.63, 3.8) is 0 Å². The van der Waals surface area contributed by atoms with Crippen molar-refractivity contribution in [2.24, 2.45) is 0 Å². The van der Waals surface area contributed by atoms with E-state index in [-0.39, 0.29) is 41.1 Å². The van der Waals surface area contributed by atoms with Crippen LogP contribution in [0.5, 0.6) is 0 Å². The van der Waals surface area contributed by atoms with E-state index in [1.54, 1.807) is 14.0 Å². The quantitative estimate of drug-likeness (QED) is 0.752. The molecule has 1 aliphatic heterocycles. The summed E-state index contributed by atoms with van der Waals surface area (Å²) in [6.07, 6.45) is 0.638. The first kappa shape index (κ1) is 14.8. The van der Waals surface area contributed by atoms with Gasteiger partial charge in [0.1, 0.15) is 0 Å². The van der Waals surface area contributed by atoms with Crippen LogP contribution in [0.2, 0.25) is 0 Å². The topological polar surface area (TPSA) is 74.7 Å². The molecule has 100 valence electrons. The van der Waals surface area contributed by atoms with Crippen LogP contribution in [-0.4, -0.2) is 66.5 Å². The molecule has 0 radical (unpaired) electrons. The summed E-state index contributed by atoms with van der Waals surface area (Å²) in [5, 5.41) is 8.97. The summed E-state index contributed by atoms with van der Waals surface area (Å²) in [6, 6.07) is -0.199. The molecule has 2 atom stereocenters. The predicted octanol–water partition coefficient (Wildman–Crippen LogP) is -0.254. The molecule has 0 aromatic heterocycles. The van der Waals surface area contributed by atoms with Crippen molar-refractivity contribution in [2.45, 2.75) is 24.6 Å². The van der Waals surface area contributed by atoms with E-state index in [0.717, 1.165) is 0 Å². The molecule has 0 bridgehead atoms. The highest BCUT2D eigenvalue weighted by Gasteiger charge is 2.29. The molecular formula is C10H19NO4S2. The Morgan fingerprint density at radius 2 is 2.24 bits per heavy atom. The number of amides is 1. The van der Waals surface area contributed by atoms with Crippen LogP contribution in [-0.2, 0) is 14.6 Å². The average Bonchev–Trinajstić information content (AvgIpc) is 2.63. The summed E-state index contributed by atoms with van der Waals surface area (Å²) < 4.78 is 22.5. The van der Waals surface area contributed by atoms with E-state index >= 15 is 0 Å². The van der Waals surface area contributed by atoms with E-state index in [1.165, 1.54) is 16.7 Å². The molecule has 0 spiro atoms. The van der Waals surface area contributed by atoms with Crippen molar-refractivity contribution < 1.29 is 18.3 Å². The number of hydrogen-bond donors (Lipinski definition) is 1. The molecule has 0 aromatic carbocycles. The minimum atomic E-state index is -2.87. The Bertz CT molecular complexity index is 369. The van der Waals surface area contributed by atoms with Gasteiger partial charge in [0.05, 0.1) is 29.9 Å². The lowest BCUT2D eigenvalue weighted by Crippen LogP contribution is -2.38. The molecule has 1 heterocycles. The second-order valence-electron chi connectivity index (χ2n) is 4.37. The summed E-state index contributed by atoms with van der Waals surface area (Å²) in [5.41, 5.74) is 0. The molecule has 1 amide bonds. The highest BCUT2D eigenvalue weighted by molar-refractivity contribution is 8.02. The van der Waals surface area contributed by atoms with Crippen LogP contribution in [0.1, 0.15) is 13.3 Å². The fourth-order valence-electron chi connectivity index (χ4n) is 1.55. The first-order valence-corrected chi connectivity index (χ1v) is 8.41. The van der Waals surface area contributed by atoms with E-state index in [9.17, 15) is 13.2 Å². The molecular weight excluding hydrogens is 262 g/mol. The van der Waals surface area contributed by atoms with E-state index in [1.807, 2.05) is 0 Å². The molecule has 1 rings (SSSR count). The maximum absolute atomic E-state index is 11.7. The van der Waals surface area contributed by atoms with Crippen molar-refractivity contribution >= 4 is 27.5 Å². The summed E-state index contributed by atoms with van der Waals surface area (Å²) in [4.78, 5) is 13.2. The number of aliphatic hydroxyl groups excluding tert-OH is 1. The second-order valence-corrected chi connectivity index (χ2v) is 7.89. The average molecular weight is 281 g/mol. The lowest BCUT2D eigenvalue weighted by atomic mass is 10.3. The highest BCUT2D eigenvalue weighted by Crippen LogP contribution is 2.24. The Morgan fingerprint density at radius 1 is 1.59 bits per heavy atom. The van der Waals surface area contributed by atoms with Gasteiger partial charge in [0.2, 0.25) is 5.91 Å². The van der Waals surface area contributed by atoms with Crippen LogP contribution in [0.15, 0.2) is 0 Å². The molecule has 1 N–H and O–H groups in total. The van der Waals surface area contributed by atoms with Gasteiger partial charge in [-0.25, -0.2) is 8.42 Å². The summed E-state index contributed by atoms with van der Waals surface area (Å²) in [7, 11) is -1.22. The minimum absolute atomic E-state index is 0.0433. The molecule has 17 heavy (non-hydrogen) atoms.